The first-order valence-corrected chi connectivity index (χ1v) is 5.93. The van der Waals surface area contributed by atoms with Gasteiger partial charge in [-0.3, -0.25) is 0 Å². The molecule has 18 heavy (non-hydrogen) atoms. The van der Waals surface area contributed by atoms with Gasteiger partial charge in [-0.15, -0.1) is 0 Å². The molecule has 0 saturated carbocycles. The molecule has 96 valence electrons. The molecule has 2 aromatic rings. The third-order valence-corrected chi connectivity index (χ3v) is 2.81. The van der Waals surface area contributed by atoms with Gasteiger partial charge in [-0.1, -0.05) is 13.8 Å². The summed E-state index contributed by atoms with van der Waals surface area (Å²) in [7, 11) is 1.97. The first kappa shape index (κ1) is 12.4. The van der Waals surface area contributed by atoms with Crippen LogP contribution in [0.1, 0.15) is 31.1 Å². The van der Waals surface area contributed by atoms with E-state index in [0.29, 0.717) is 12.4 Å². The van der Waals surface area contributed by atoms with Crippen molar-refractivity contribution in [1.82, 2.24) is 9.97 Å². The number of furan rings is 1. The number of nitrogens with two attached hydrogens (primary N) is 1. The first-order chi connectivity index (χ1) is 8.59. The van der Waals surface area contributed by atoms with E-state index >= 15 is 0 Å². The summed E-state index contributed by atoms with van der Waals surface area (Å²) in [6, 6.07) is 3.82. The minimum absolute atomic E-state index is 0.278. The average molecular weight is 246 g/mol. The Morgan fingerprint density at radius 3 is 2.78 bits per heavy atom. The molecule has 0 spiro atoms. The van der Waals surface area contributed by atoms with Gasteiger partial charge in [0, 0.05) is 12.6 Å². The Morgan fingerprint density at radius 1 is 1.39 bits per heavy atom. The molecule has 0 fully saturated rings. The smallest absolute Gasteiger partial charge is 0.137 e. The van der Waals surface area contributed by atoms with E-state index < -0.39 is 0 Å². The molecule has 0 unspecified atom stereocenters. The van der Waals surface area contributed by atoms with Gasteiger partial charge < -0.3 is 15.1 Å². The second-order valence-electron chi connectivity index (χ2n) is 4.59. The Labute approximate surface area is 107 Å². The highest BCUT2D eigenvalue weighted by atomic mass is 16.3. The van der Waals surface area contributed by atoms with Crippen molar-refractivity contribution in [3.63, 3.8) is 0 Å². The summed E-state index contributed by atoms with van der Waals surface area (Å²) in [6.45, 7) is 4.82. The molecule has 0 saturated heterocycles. The number of anilines is 2. The van der Waals surface area contributed by atoms with Crippen LogP contribution in [0.15, 0.2) is 29.1 Å². The Hall–Kier alpha value is -2.04. The summed E-state index contributed by atoms with van der Waals surface area (Å²) in [5.41, 5.74) is 6.91. The van der Waals surface area contributed by atoms with E-state index in [4.69, 9.17) is 10.2 Å². The van der Waals surface area contributed by atoms with Crippen LogP contribution in [0.25, 0.3) is 0 Å². The molecular formula is C13H18N4O. The Bertz CT molecular complexity index is 508. The van der Waals surface area contributed by atoms with E-state index in [9.17, 15) is 0 Å². The van der Waals surface area contributed by atoms with Crippen LogP contribution in [0.4, 0.5) is 11.6 Å². The zero-order chi connectivity index (χ0) is 13.1. The van der Waals surface area contributed by atoms with Crippen molar-refractivity contribution in [3.8, 4) is 0 Å². The van der Waals surface area contributed by atoms with Crippen molar-refractivity contribution in [3.05, 3.63) is 36.0 Å². The van der Waals surface area contributed by atoms with E-state index in [0.717, 1.165) is 17.1 Å². The van der Waals surface area contributed by atoms with Crippen molar-refractivity contribution in [1.29, 1.82) is 0 Å². The molecule has 0 aliphatic carbocycles. The van der Waals surface area contributed by atoms with Crippen LogP contribution in [0.5, 0.6) is 0 Å². The normalized spacial score (nSPS) is 10.9. The number of aromatic nitrogens is 2. The molecule has 2 N–H and O–H groups in total. The van der Waals surface area contributed by atoms with Crippen LogP contribution in [0, 0.1) is 0 Å². The molecule has 2 aromatic heterocycles. The van der Waals surface area contributed by atoms with Gasteiger partial charge in [0.25, 0.3) is 0 Å². The molecular weight excluding hydrogens is 228 g/mol. The molecule has 5 heteroatoms. The van der Waals surface area contributed by atoms with Crippen LogP contribution in [0.3, 0.4) is 0 Å². The zero-order valence-corrected chi connectivity index (χ0v) is 10.9. The van der Waals surface area contributed by atoms with Crippen LogP contribution in [0.2, 0.25) is 0 Å². The lowest BCUT2D eigenvalue weighted by atomic mass is 10.0. The highest BCUT2D eigenvalue weighted by Crippen LogP contribution is 2.29. The van der Waals surface area contributed by atoms with Crippen molar-refractivity contribution >= 4 is 11.6 Å². The van der Waals surface area contributed by atoms with Gasteiger partial charge in [0.2, 0.25) is 0 Å². The summed E-state index contributed by atoms with van der Waals surface area (Å²) in [4.78, 5) is 10.4. The topological polar surface area (TPSA) is 68.2 Å². The van der Waals surface area contributed by atoms with E-state index in [1.165, 1.54) is 6.33 Å². The largest absolute Gasteiger partial charge is 0.467 e. The minimum atomic E-state index is 0.278. The van der Waals surface area contributed by atoms with Gasteiger partial charge in [0.1, 0.15) is 23.7 Å². The summed E-state index contributed by atoms with van der Waals surface area (Å²) >= 11 is 0. The fourth-order valence-electron chi connectivity index (χ4n) is 1.97. The van der Waals surface area contributed by atoms with Crippen LogP contribution in [-0.4, -0.2) is 17.0 Å². The predicted octanol–water partition coefficient (Wildman–Crippen LogP) is 2.41. The predicted molar refractivity (Wildman–Crippen MR) is 71.3 cm³/mol. The number of hydrogen-bond acceptors (Lipinski definition) is 5. The zero-order valence-electron chi connectivity index (χ0n) is 10.9. The summed E-state index contributed by atoms with van der Waals surface area (Å²) in [5, 5.41) is 0. The van der Waals surface area contributed by atoms with Crippen molar-refractivity contribution in [2.75, 3.05) is 17.7 Å². The molecule has 5 nitrogen and oxygen atoms in total. The highest BCUT2D eigenvalue weighted by Gasteiger charge is 2.16. The molecule has 0 bridgehead atoms. The molecule has 2 heterocycles. The summed E-state index contributed by atoms with van der Waals surface area (Å²) in [6.07, 6.45) is 3.16. The summed E-state index contributed by atoms with van der Waals surface area (Å²) in [5.74, 6) is 2.57. The summed E-state index contributed by atoms with van der Waals surface area (Å²) < 4.78 is 5.34. The number of rotatable bonds is 4. The lowest BCUT2D eigenvalue weighted by molar-refractivity contribution is 0.506. The fraction of sp³-hybridized carbons (Fsp3) is 0.385. The van der Waals surface area contributed by atoms with Crippen molar-refractivity contribution in [2.45, 2.75) is 26.3 Å². The fourth-order valence-corrected chi connectivity index (χ4v) is 1.97. The van der Waals surface area contributed by atoms with E-state index in [2.05, 4.69) is 23.8 Å². The van der Waals surface area contributed by atoms with Gasteiger partial charge in [-0.2, -0.15) is 0 Å². The lowest BCUT2D eigenvalue weighted by Gasteiger charge is -2.22. The number of nitrogens with zero attached hydrogens (tertiary/aromatic N) is 3. The van der Waals surface area contributed by atoms with Gasteiger partial charge in [-0.05, 0) is 18.1 Å². The second kappa shape index (κ2) is 5.08. The third-order valence-electron chi connectivity index (χ3n) is 2.81. The molecule has 0 atom stereocenters. The van der Waals surface area contributed by atoms with Crippen molar-refractivity contribution < 1.29 is 4.42 Å². The van der Waals surface area contributed by atoms with Crippen LogP contribution < -0.4 is 10.6 Å². The molecule has 0 aliphatic rings. The molecule has 0 radical (unpaired) electrons. The number of nitrogen functional groups attached to an aromatic ring is 1. The third kappa shape index (κ3) is 2.45. The van der Waals surface area contributed by atoms with Gasteiger partial charge in [0.05, 0.1) is 12.8 Å². The van der Waals surface area contributed by atoms with E-state index in [1.54, 1.807) is 6.26 Å². The molecule has 0 amide bonds. The van der Waals surface area contributed by atoms with E-state index in [-0.39, 0.29) is 5.92 Å². The average Bonchev–Trinajstić information content (AvgIpc) is 2.80. The maximum absolute atomic E-state index is 5.93. The lowest BCUT2D eigenvalue weighted by Crippen LogP contribution is -2.20. The van der Waals surface area contributed by atoms with Gasteiger partial charge >= 0.3 is 0 Å². The van der Waals surface area contributed by atoms with Crippen LogP contribution >= 0.6 is 0 Å². The molecule has 0 aromatic carbocycles. The van der Waals surface area contributed by atoms with E-state index in [1.807, 2.05) is 24.1 Å². The Kier molecular flexibility index (Phi) is 3.50. The monoisotopic (exact) mass is 246 g/mol. The standard InChI is InChI=1S/C13H18N4O/c1-9(2)11-12(14)15-8-16-13(11)17(3)7-10-5-4-6-18-10/h4-6,8-9H,7H2,1-3H3,(H2,14,15,16). The Morgan fingerprint density at radius 2 is 2.17 bits per heavy atom. The maximum Gasteiger partial charge on any atom is 0.137 e. The van der Waals surface area contributed by atoms with Crippen LogP contribution in [-0.2, 0) is 6.54 Å². The maximum atomic E-state index is 5.93. The molecule has 0 aliphatic heterocycles. The minimum Gasteiger partial charge on any atom is -0.467 e. The first-order valence-electron chi connectivity index (χ1n) is 5.93. The van der Waals surface area contributed by atoms with Crippen molar-refractivity contribution in [2.24, 2.45) is 0 Å². The number of hydrogen-bond donors (Lipinski definition) is 1. The van der Waals surface area contributed by atoms with Gasteiger partial charge in [-0.25, -0.2) is 9.97 Å². The highest BCUT2D eigenvalue weighted by molar-refractivity contribution is 5.57. The SMILES string of the molecule is CC(C)c1c(N)ncnc1N(C)Cc1ccco1. The van der Waals surface area contributed by atoms with Gasteiger partial charge in [0.15, 0.2) is 0 Å². The second-order valence-corrected chi connectivity index (χ2v) is 4.59. The Balaban J connectivity index is 2.29. The molecule has 2 rings (SSSR count). The quantitative estimate of drug-likeness (QED) is 0.897.